The Labute approximate surface area is 193 Å². The van der Waals surface area contributed by atoms with E-state index < -0.39 is 37.3 Å². The van der Waals surface area contributed by atoms with Gasteiger partial charge >= 0.3 is 0 Å². The molecule has 0 spiro atoms. The predicted octanol–water partition coefficient (Wildman–Crippen LogP) is -1.20. The van der Waals surface area contributed by atoms with Crippen LogP contribution < -0.4 is 17.0 Å². The van der Waals surface area contributed by atoms with Crippen LogP contribution in [0.2, 0.25) is 0 Å². The van der Waals surface area contributed by atoms with E-state index in [9.17, 15) is 20.4 Å². The zero-order valence-electron chi connectivity index (χ0n) is 19.2. The molecule has 5 atom stereocenters. The largest absolute Gasteiger partial charge is 1.00 e. The van der Waals surface area contributed by atoms with Crippen LogP contribution in [0.4, 0.5) is 0 Å². The molecule has 0 aromatic carbocycles. The van der Waals surface area contributed by atoms with Crippen molar-refractivity contribution in [3.63, 3.8) is 0 Å². The summed E-state index contributed by atoms with van der Waals surface area (Å²) in [6.45, 7) is 4.00. The molecular weight excluding hydrogens is 454 g/mol. The van der Waals surface area contributed by atoms with Gasteiger partial charge in [-0.1, -0.05) is 58.3 Å². The zero-order chi connectivity index (χ0) is 21.7. The van der Waals surface area contributed by atoms with E-state index >= 15 is 0 Å². The number of ether oxygens (including phenoxy) is 2. The highest BCUT2D eigenvalue weighted by atomic mass is 79.9. The molecule has 1 saturated heterocycles. The van der Waals surface area contributed by atoms with Crippen LogP contribution in [0.25, 0.3) is 0 Å². The smallest absolute Gasteiger partial charge is 0.186 e. The van der Waals surface area contributed by atoms with Gasteiger partial charge < -0.3 is 51.4 Å². The lowest BCUT2D eigenvalue weighted by Crippen LogP contribution is -3.00. The van der Waals surface area contributed by atoms with Gasteiger partial charge in [-0.05, 0) is 12.8 Å². The van der Waals surface area contributed by atoms with E-state index in [4.69, 9.17) is 9.47 Å². The first kappa shape index (κ1) is 30.2. The van der Waals surface area contributed by atoms with Crippen molar-refractivity contribution < 1.29 is 51.4 Å². The van der Waals surface area contributed by atoms with Gasteiger partial charge in [-0.15, -0.1) is 0 Å². The minimum absolute atomic E-state index is 0. The van der Waals surface area contributed by atoms with E-state index in [-0.39, 0.29) is 17.0 Å². The van der Waals surface area contributed by atoms with E-state index in [1.54, 1.807) is 0 Å². The Kier molecular flexibility index (Phi) is 16.9. The summed E-state index contributed by atoms with van der Waals surface area (Å²) in [5.74, 6) is 0. The van der Waals surface area contributed by atoms with Gasteiger partial charge in [0.25, 0.3) is 0 Å². The maximum absolute atomic E-state index is 10.0. The van der Waals surface area contributed by atoms with Crippen LogP contribution in [0.3, 0.4) is 0 Å². The summed E-state index contributed by atoms with van der Waals surface area (Å²) in [5.41, 5.74) is 0. The van der Waals surface area contributed by atoms with Crippen molar-refractivity contribution in [2.24, 2.45) is 0 Å². The molecule has 1 aliphatic rings. The molecule has 182 valence electrons. The molecule has 4 N–H and O–H groups in total. The molecule has 0 bridgehead atoms. The third-order valence-corrected chi connectivity index (χ3v) is 5.94. The van der Waals surface area contributed by atoms with Gasteiger partial charge in [0, 0.05) is 0 Å². The number of hydrogen-bond acceptors (Lipinski definition) is 6. The van der Waals surface area contributed by atoms with E-state index in [1.807, 2.05) is 0 Å². The second kappa shape index (κ2) is 16.8. The number of aliphatic hydroxyl groups is 4. The van der Waals surface area contributed by atoms with Gasteiger partial charge in [-0.3, -0.25) is 0 Å². The van der Waals surface area contributed by atoms with Crippen molar-refractivity contribution in [3.8, 4) is 0 Å². The number of hydrogen-bond donors (Lipinski definition) is 4. The second-order valence-corrected chi connectivity index (χ2v) is 9.13. The maximum atomic E-state index is 10.0. The second-order valence-electron chi connectivity index (χ2n) is 9.13. The van der Waals surface area contributed by atoms with Crippen molar-refractivity contribution in [2.75, 3.05) is 40.4 Å². The van der Waals surface area contributed by atoms with Crippen LogP contribution in [-0.4, -0.2) is 96.0 Å². The quantitative estimate of drug-likeness (QED) is 0.157. The summed E-state index contributed by atoms with van der Waals surface area (Å²) in [7, 11) is 4.31. The standard InChI is InChI=1S/C22H46NO6.BrH/c1-4-5-6-7-8-9-10-11-12-13-14-23(2,3)15-16-28-22-21(27)20(26)19(25)18(17-24)29-22;/h18-22,24-27H,4-17H2,1-3H3;1H/q+1;/p-1/t18-,19-,20+,21-,22-;/m1./s1. The molecular formula is C22H46BrNO6. The first-order valence-electron chi connectivity index (χ1n) is 11.6. The molecule has 0 aromatic heterocycles. The van der Waals surface area contributed by atoms with Gasteiger partial charge in [-0.25, -0.2) is 0 Å². The molecule has 1 fully saturated rings. The van der Waals surface area contributed by atoms with Crippen LogP contribution in [-0.2, 0) is 9.47 Å². The minimum atomic E-state index is -1.39. The first-order chi connectivity index (χ1) is 13.8. The fourth-order valence-electron chi connectivity index (χ4n) is 3.76. The summed E-state index contributed by atoms with van der Waals surface area (Å²) in [5, 5.41) is 38.8. The maximum Gasteiger partial charge on any atom is 0.186 e. The summed E-state index contributed by atoms with van der Waals surface area (Å²) in [6.07, 6.45) is 7.21. The average Bonchev–Trinajstić information content (AvgIpc) is 2.69. The molecule has 1 aliphatic heterocycles. The van der Waals surface area contributed by atoms with Gasteiger partial charge in [0.2, 0.25) is 0 Å². The van der Waals surface area contributed by atoms with E-state index in [0.717, 1.165) is 17.6 Å². The van der Waals surface area contributed by atoms with E-state index in [0.29, 0.717) is 6.61 Å². The predicted molar refractivity (Wildman–Crippen MR) is 113 cm³/mol. The SMILES string of the molecule is CCCCCCCCCCCC[N+](C)(C)CCO[C@@H]1O[C@H](CO)[C@@H](O)[C@H](O)[C@H]1O.[Br-]. The van der Waals surface area contributed by atoms with Gasteiger partial charge in [0.05, 0.1) is 33.9 Å². The Balaban J connectivity index is 0.00000841. The summed E-state index contributed by atoms with van der Waals surface area (Å²) in [4.78, 5) is 0. The van der Waals surface area contributed by atoms with Crippen LogP contribution in [0.15, 0.2) is 0 Å². The van der Waals surface area contributed by atoms with E-state index in [1.165, 1.54) is 64.2 Å². The molecule has 0 unspecified atom stereocenters. The highest BCUT2D eigenvalue weighted by molar-refractivity contribution is 4.88. The molecule has 0 aliphatic carbocycles. The van der Waals surface area contributed by atoms with Crippen LogP contribution in [0, 0.1) is 0 Å². The third-order valence-electron chi connectivity index (χ3n) is 5.94. The van der Waals surface area contributed by atoms with Gasteiger partial charge in [0.15, 0.2) is 6.29 Å². The zero-order valence-corrected chi connectivity index (χ0v) is 20.8. The molecule has 1 rings (SSSR count). The van der Waals surface area contributed by atoms with Crippen molar-refractivity contribution in [3.05, 3.63) is 0 Å². The number of nitrogens with zero attached hydrogens (tertiary/aromatic N) is 1. The molecule has 0 radical (unpaired) electrons. The highest BCUT2D eigenvalue weighted by Gasteiger charge is 2.44. The van der Waals surface area contributed by atoms with Crippen LogP contribution in [0.5, 0.6) is 0 Å². The normalized spacial score (nSPS) is 27.1. The Hall–Kier alpha value is 0.200. The van der Waals surface area contributed by atoms with Crippen LogP contribution in [0.1, 0.15) is 71.1 Å². The molecule has 0 amide bonds. The number of aliphatic hydroxyl groups excluding tert-OH is 4. The number of rotatable bonds is 16. The number of likely N-dealkylation sites (N-methyl/N-ethyl adjacent to an activating group) is 1. The van der Waals surface area contributed by atoms with Crippen molar-refractivity contribution in [1.82, 2.24) is 0 Å². The fourth-order valence-corrected chi connectivity index (χ4v) is 3.76. The number of unbranched alkanes of at least 4 members (excludes halogenated alkanes) is 9. The lowest BCUT2D eigenvalue weighted by molar-refractivity contribution is -0.891. The molecule has 30 heavy (non-hydrogen) atoms. The Morgan fingerprint density at radius 1 is 0.767 bits per heavy atom. The molecule has 7 nitrogen and oxygen atoms in total. The van der Waals surface area contributed by atoms with Crippen molar-refractivity contribution in [2.45, 2.75) is 102 Å². The number of halogens is 1. The fraction of sp³-hybridized carbons (Fsp3) is 1.00. The highest BCUT2D eigenvalue weighted by Crippen LogP contribution is 2.22. The molecule has 8 heteroatoms. The first-order valence-corrected chi connectivity index (χ1v) is 11.6. The minimum Gasteiger partial charge on any atom is -1.00 e. The number of quaternary nitrogens is 1. The monoisotopic (exact) mass is 499 g/mol. The van der Waals surface area contributed by atoms with Crippen molar-refractivity contribution >= 4 is 0 Å². The molecule has 0 saturated carbocycles. The Morgan fingerprint density at radius 3 is 1.83 bits per heavy atom. The average molecular weight is 501 g/mol. The molecule has 1 heterocycles. The molecule has 0 aromatic rings. The lowest BCUT2D eigenvalue weighted by atomic mass is 9.99. The Morgan fingerprint density at radius 2 is 1.30 bits per heavy atom. The summed E-state index contributed by atoms with van der Waals surface area (Å²) in [6, 6.07) is 0. The summed E-state index contributed by atoms with van der Waals surface area (Å²) >= 11 is 0. The topological polar surface area (TPSA) is 99.4 Å². The lowest BCUT2D eigenvalue weighted by Gasteiger charge is -2.40. The summed E-state index contributed by atoms with van der Waals surface area (Å²) < 4.78 is 11.8. The third kappa shape index (κ3) is 11.7. The van der Waals surface area contributed by atoms with Crippen molar-refractivity contribution in [1.29, 1.82) is 0 Å². The van der Waals surface area contributed by atoms with Gasteiger partial charge in [0.1, 0.15) is 31.0 Å². The van der Waals surface area contributed by atoms with E-state index in [2.05, 4.69) is 21.0 Å². The Bertz CT molecular complexity index is 413. The van der Waals surface area contributed by atoms with Gasteiger partial charge in [-0.2, -0.15) is 0 Å². The van der Waals surface area contributed by atoms with Crippen LogP contribution >= 0.6 is 0 Å².